The second-order valence-electron chi connectivity index (χ2n) is 7.64. The van der Waals surface area contributed by atoms with E-state index in [2.05, 4.69) is 5.32 Å². The number of piperazine rings is 1. The molecule has 1 heterocycles. The van der Waals surface area contributed by atoms with Crippen molar-refractivity contribution in [2.24, 2.45) is 5.92 Å². The number of halogens is 2. The number of hydrogen-bond acceptors (Lipinski definition) is 3. The maximum absolute atomic E-state index is 14.0. The summed E-state index contributed by atoms with van der Waals surface area (Å²) in [6.45, 7) is 0.743. The van der Waals surface area contributed by atoms with Gasteiger partial charge in [0, 0.05) is 31.2 Å². The van der Waals surface area contributed by atoms with Gasteiger partial charge in [-0.2, -0.15) is 4.31 Å². The Morgan fingerprint density at radius 3 is 2.27 bits per heavy atom. The Balaban J connectivity index is 1.39. The maximum Gasteiger partial charge on any atom is 0.317 e. The Labute approximate surface area is 180 Å². The number of nitrogens with zero attached hydrogens (tertiary/aromatic N) is 2. The van der Waals surface area contributed by atoms with E-state index in [4.69, 9.17) is 11.6 Å². The van der Waals surface area contributed by atoms with E-state index in [0.29, 0.717) is 10.9 Å². The molecule has 1 aliphatic heterocycles. The predicted octanol–water partition coefficient (Wildman–Crippen LogP) is 3.65. The second-order valence-corrected chi connectivity index (χ2v) is 9.98. The summed E-state index contributed by atoms with van der Waals surface area (Å²) in [7, 11) is -3.93. The molecule has 4 rings (SSSR count). The lowest BCUT2D eigenvalue weighted by atomic mass is 10.0. The van der Waals surface area contributed by atoms with Crippen molar-refractivity contribution in [1.29, 1.82) is 0 Å². The van der Waals surface area contributed by atoms with Gasteiger partial charge in [-0.3, -0.25) is 0 Å². The lowest BCUT2D eigenvalue weighted by molar-refractivity contribution is 0.167. The van der Waals surface area contributed by atoms with Crippen LogP contribution in [0.3, 0.4) is 0 Å². The van der Waals surface area contributed by atoms with E-state index in [0.717, 1.165) is 24.5 Å². The molecule has 0 bridgehead atoms. The number of urea groups is 1. The normalized spacial score (nSPS) is 18.8. The van der Waals surface area contributed by atoms with Gasteiger partial charge in [0.25, 0.3) is 0 Å². The molecular formula is C21H23ClFN3O3S. The molecule has 2 aromatic carbocycles. The number of hydrogen-bond donors (Lipinski definition) is 1. The van der Waals surface area contributed by atoms with Crippen molar-refractivity contribution in [1.82, 2.24) is 14.5 Å². The number of nitrogens with one attached hydrogen (secondary N) is 1. The van der Waals surface area contributed by atoms with E-state index in [9.17, 15) is 17.6 Å². The first kappa shape index (κ1) is 21.1. The van der Waals surface area contributed by atoms with Gasteiger partial charge in [0.2, 0.25) is 10.0 Å². The van der Waals surface area contributed by atoms with E-state index in [1.54, 1.807) is 4.90 Å². The minimum atomic E-state index is -3.93. The van der Waals surface area contributed by atoms with Crippen molar-refractivity contribution in [3.63, 3.8) is 0 Å². The molecule has 30 heavy (non-hydrogen) atoms. The van der Waals surface area contributed by atoms with Crippen LogP contribution in [0, 0.1) is 11.7 Å². The summed E-state index contributed by atoms with van der Waals surface area (Å²) in [5.41, 5.74) is 1.01. The molecule has 0 unspecified atom stereocenters. The van der Waals surface area contributed by atoms with Crippen molar-refractivity contribution < 1.29 is 17.6 Å². The molecule has 2 aromatic rings. The highest BCUT2D eigenvalue weighted by Crippen LogP contribution is 2.41. The third-order valence-electron chi connectivity index (χ3n) is 5.58. The van der Waals surface area contributed by atoms with Crippen molar-refractivity contribution >= 4 is 27.7 Å². The molecule has 2 amide bonds. The summed E-state index contributed by atoms with van der Waals surface area (Å²) in [4.78, 5) is 14.1. The van der Waals surface area contributed by atoms with E-state index in [1.165, 1.54) is 22.5 Å². The van der Waals surface area contributed by atoms with Crippen LogP contribution in [0.15, 0.2) is 53.4 Å². The highest BCUT2D eigenvalue weighted by molar-refractivity contribution is 7.89. The maximum atomic E-state index is 14.0. The predicted molar refractivity (Wildman–Crippen MR) is 112 cm³/mol. The fraction of sp³-hybridized carbons (Fsp3) is 0.381. The van der Waals surface area contributed by atoms with Gasteiger partial charge in [0.1, 0.15) is 10.7 Å². The molecule has 1 atom stereocenters. The summed E-state index contributed by atoms with van der Waals surface area (Å²) in [5.74, 6) is -0.370. The zero-order chi connectivity index (χ0) is 21.3. The van der Waals surface area contributed by atoms with Crippen LogP contribution in [0.25, 0.3) is 0 Å². The smallest absolute Gasteiger partial charge is 0.317 e. The van der Waals surface area contributed by atoms with Crippen LogP contribution >= 0.6 is 11.6 Å². The van der Waals surface area contributed by atoms with Crippen LogP contribution in [0.4, 0.5) is 9.18 Å². The first-order chi connectivity index (χ1) is 14.4. The number of rotatable bonds is 5. The summed E-state index contributed by atoms with van der Waals surface area (Å²) in [6, 6.07) is 12.5. The summed E-state index contributed by atoms with van der Waals surface area (Å²) in [6.07, 6.45) is 2.12. The highest BCUT2D eigenvalue weighted by Gasteiger charge is 2.36. The van der Waals surface area contributed by atoms with Gasteiger partial charge >= 0.3 is 6.03 Å². The van der Waals surface area contributed by atoms with Gasteiger partial charge in [-0.1, -0.05) is 35.9 Å². The zero-order valence-electron chi connectivity index (χ0n) is 16.3. The SMILES string of the molecule is O=C(N[C@H](c1ccc(Cl)cc1)C1CC1)N1CCN(S(=O)(=O)c2ccccc2F)CC1. The van der Waals surface area contributed by atoms with Crippen LogP contribution in [-0.2, 0) is 10.0 Å². The number of benzene rings is 2. The van der Waals surface area contributed by atoms with Gasteiger partial charge in [0.05, 0.1) is 6.04 Å². The number of carbonyl (C=O) groups excluding carboxylic acids is 1. The van der Waals surface area contributed by atoms with Crippen molar-refractivity contribution in [3.05, 3.63) is 64.9 Å². The zero-order valence-corrected chi connectivity index (χ0v) is 17.9. The molecule has 1 saturated heterocycles. The number of amides is 2. The molecule has 2 aliphatic rings. The number of sulfonamides is 1. The molecular weight excluding hydrogens is 429 g/mol. The number of carbonyl (C=O) groups is 1. The van der Waals surface area contributed by atoms with E-state index >= 15 is 0 Å². The minimum Gasteiger partial charge on any atom is -0.331 e. The summed E-state index contributed by atoms with van der Waals surface area (Å²) < 4.78 is 40.7. The average molecular weight is 452 g/mol. The van der Waals surface area contributed by atoms with E-state index in [1.807, 2.05) is 24.3 Å². The van der Waals surface area contributed by atoms with E-state index < -0.39 is 15.8 Å². The van der Waals surface area contributed by atoms with Gasteiger partial charge in [0.15, 0.2) is 0 Å². The largest absolute Gasteiger partial charge is 0.331 e. The first-order valence-corrected chi connectivity index (χ1v) is 11.7. The van der Waals surface area contributed by atoms with Crippen LogP contribution in [-0.4, -0.2) is 49.8 Å². The van der Waals surface area contributed by atoms with Gasteiger partial charge in [-0.25, -0.2) is 17.6 Å². The topological polar surface area (TPSA) is 69.7 Å². The molecule has 1 aliphatic carbocycles. The Hall–Kier alpha value is -2.16. The Kier molecular flexibility index (Phi) is 5.99. The van der Waals surface area contributed by atoms with E-state index in [-0.39, 0.29) is 43.1 Å². The molecule has 0 spiro atoms. The quantitative estimate of drug-likeness (QED) is 0.754. The highest BCUT2D eigenvalue weighted by atomic mass is 35.5. The fourth-order valence-electron chi connectivity index (χ4n) is 3.72. The molecule has 160 valence electrons. The summed E-state index contributed by atoms with van der Waals surface area (Å²) >= 11 is 5.97. The van der Waals surface area contributed by atoms with Crippen LogP contribution in [0.1, 0.15) is 24.4 Å². The molecule has 2 fully saturated rings. The monoisotopic (exact) mass is 451 g/mol. The third-order valence-corrected chi connectivity index (χ3v) is 7.77. The van der Waals surface area contributed by atoms with Crippen molar-refractivity contribution in [2.75, 3.05) is 26.2 Å². The Morgan fingerprint density at radius 2 is 1.67 bits per heavy atom. The third kappa shape index (κ3) is 4.45. The van der Waals surface area contributed by atoms with Gasteiger partial charge in [-0.05, 0) is 48.6 Å². The van der Waals surface area contributed by atoms with Crippen LogP contribution in [0.5, 0.6) is 0 Å². The van der Waals surface area contributed by atoms with Crippen molar-refractivity contribution in [3.8, 4) is 0 Å². The molecule has 1 N–H and O–H groups in total. The first-order valence-electron chi connectivity index (χ1n) is 9.92. The van der Waals surface area contributed by atoms with Crippen LogP contribution in [0.2, 0.25) is 5.02 Å². The van der Waals surface area contributed by atoms with Crippen LogP contribution < -0.4 is 5.32 Å². The summed E-state index contributed by atoms with van der Waals surface area (Å²) in [5, 5.41) is 3.74. The van der Waals surface area contributed by atoms with Gasteiger partial charge in [-0.15, -0.1) is 0 Å². The van der Waals surface area contributed by atoms with Crippen molar-refractivity contribution in [2.45, 2.75) is 23.8 Å². The molecule has 9 heteroatoms. The molecule has 6 nitrogen and oxygen atoms in total. The second kappa shape index (κ2) is 8.53. The molecule has 0 aromatic heterocycles. The Morgan fingerprint density at radius 1 is 1.03 bits per heavy atom. The van der Waals surface area contributed by atoms with Gasteiger partial charge < -0.3 is 10.2 Å². The lowest BCUT2D eigenvalue weighted by Gasteiger charge is -2.35. The Bertz CT molecular complexity index is 1020. The molecule has 0 radical (unpaired) electrons. The average Bonchev–Trinajstić information content (AvgIpc) is 3.58. The molecule has 1 saturated carbocycles. The minimum absolute atomic E-state index is 0.0880. The fourth-order valence-corrected chi connectivity index (χ4v) is 5.34. The standard InChI is InChI=1S/C21H23ClFN3O3S/c22-17-9-7-16(8-10-17)20(15-5-6-15)24-21(27)25-11-13-26(14-12-25)30(28,29)19-4-2-1-3-18(19)23/h1-4,7-10,15,20H,5-6,11-14H2,(H,24,27)/t20-/m0/s1. The lowest BCUT2D eigenvalue weighted by Crippen LogP contribution is -2.53.